The minimum absolute atomic E-state index is 0.0840. The smallest absolute Gasteiger partial charge is 0.356 e. The Labute approximate surface area is 164 Å². The number of carboxylic acids is 1. The van der Waals surface area contributed by atoms with Gasteiger partial charge >= 0.3 is 5.97 Å². The first-order valence-electron chi connectivity index (χ1n) is 7.99. The van der Waals surface area contributed by atoms with Crippen LogP contribution in [0.1, 0.15) is 16.1 Å². The van der Waals surface area contributed by atoms with Crippen LogP contribution in [0.3, 0.4) is 0 Å². The second kappa shape index (κ2) is 9.67. The van der Waals surface area contributed by atoms with Gasteiger partial charge in [0.15, 0.2) is 22.8 Å². The minimum atomic E-state index is -1.12. The lowest BCUT2D eigenvalue weighted by atomic mass is 10.2. The van der Waals surface area contributed by atoms with Crippen LogP contribution in [0.15, 0.2) is 30.5 Å². The maximum absolute atomic E-state index is 11.0. The van der Waals surface area contributed by atoms with E-state index < -0.39 is 5.97 Å². The number of imidazole rings is 1. The standard InChI is InChI=1S/C17H17N3O6.HN3/c1-23-12-6-10(7-13(24-2)16(12)25-3)9-26-15-5-4-14-18-11(17(21)22)8-20(14)19-15;1-3-2/h4-8H,9H2,1-3H3,(H,21,22);1H. The first-order valence-corrected chi connectivity index (χ1v) is 7.99. The van der Waals surface area contributed by atoms with E-state index in [0.717, 1.165) is 5.56 Å². The monoisotopic (exact) mass is 402 g/mol. The second-order valence-corrected chi connectivity index (χ2v) is 5.33. The number of hydrogen-bond donors (Lipinski definition) is 2. The summed E-state index contributed by atoms with van der Waals surface area (Å²) in [6, 6.07) is 6.80. The molecule has 1 aromatic carbocycles. The molecular weight excluding hydrogens is 384 g/mol. The number of fused-ring (bicyclic) bond motifs is 1. The molecule has 0 saturated heterocycles. The largest absolute Gasteiger partial charge is 0.493 e. The zero-order valence-electron chi connectivity index (χ0n) is 15.8. The van der Waals surface area contributed by atoms with Crippen LogP contribution in [-0.2, 0) is 6.61 Å². The fourth-order valence-electron chi connectivity index (χ4n) is 2.42. The van der Waals surface area contributed by atoms with Crippen molar-refractivity contribution < 1.29 is 28.8 Å². The van der Waals surface area contributed by atoms with Crippen LogP contribution in [0.4, 0.5) is 0 Å². The Morgan fingerprint density at radius 3 is 2.34 bits per heavy atom. The lowest BCUT2D eigenvalue weighted by molar-refractivity contribution is 0.0691. The molecule has 2 heterocycles. The van der Waals surface area contributed by atoms with Crippen LogP contribution in [0.5, 0.6) is 23.1 Å². The lowest BCUT2D eigenvalue weighted by Crippen LogP contribution is -2.02. The van der Waals surface area contributed by atoms with Crippen molar-refractivity contribution in [3.63, 3.8) is 0 Å². The quantitative estimate of drug-likeness (QED) is 0.346. The highest BCUT2D eigenvalue weighted by Crippen LogP contribution is 2.38. The molecule has 0 saturated carbocycles. The molecule has 12 heteroatoms. The Morgan fingerprint density at radius 1 is 1.21 bits per heavy atom. The summed E-state index contributed by atoms with van der Waals surface area (Å²) in [5, 5.41) is 13.2. The number of ether oxygens (including phenoxy) is 4. The zero-order valence-corrected chi connectivity index (χ0v) is 15.8. The molecule has 0 aliphatic rings. The van der Waals surface area contributed by atoms with Crippen molar-refractivity contribution in [2.45, 2.75) is 6.61 Å². The highest BCUT2D eigenvalue weighted by Gasteiger charge is 2.14. The summed E-state index contributed by atoms with van der Waals surface area (Å²) in [5.41, 5.74) is 13.4. The first kappa shape index (κ1) is 21.1. The van der Waals surface area contributed by atoms with Gasteiger partial charge in [0.2, 0.25) is 11.6 Å². The Bertz CT molecular complexity index is 1020. The molecule has 0 bridgehead atoms. The predicted octanol–water partition coefficient (Wildman–Crippen LogP) is 2.91. The van der Waals surface area contributed by atoms with E-state index in [4.69, 9.17) is 35.1 Å². The zero-order chi connectivity index (χ0) is 21.4. The van der Waals surface area contributed by atoms with Crippen molar-refractivity contribution in [1.82, 2.24) is 14.6 Å². The van der Waals surface area contributed by atoms with Gasteiger partial charge in [0, 0.05) is 6.07 Å². The molecule has 2 aromatic heterocycles. The number of aromatic carboxylic acids is 1. The van der Waals surface area contributed by atoms with E-state index >= 15 is 0 Å². The molecule has 0 aliphatic carbocycles. The molecule has 0 amide bonds. The van der Waals surface area contributed by atoms with Crippen LogP contribution >= 0.6 is 0 Å². The maximum Gasteiger partial charge on any atom is 0.356 e. The third-order valence-corrected chi connectivity index (χ3v) is 3.63. The first-order chi connectivity index (χ1) is 14.0. The number of benzene rings is 1. The van der Waals surface area contributed by atoms with Gasteiger partial charge in [-0.3, -0.25) is 0 Å². The summed E-state index contributed by atoms with van der Waals surface area (Å²) in [7, 11) is 4.61. The Hall–Kier alpha value is -4.18. The van der Waals surface area contributed by atoms with Crippen LogP contribution < -0.4 is 18.9 Å². The highest BCUT2D eigenvalue weighted by atomic mass is 16.5. The van der Waals surface area contributed by atoms with E-state index in [2.05, 4.69) is 10.1 Å². The van der Waals surface area contributed by atoms with Crippen LogP contribution in [0.25, 0.3) is 16.1 Å². The Balaban J connectivity index is 0.000000941. The van der Waals surface area contributed by atoms with Crippen LogP contribution in [-0.4, -0.2) is 47.0 Å². The minimum Gasteiger partial charge on any atom is -0.493 e. The van der Waals surface area contributed by atoms with E-state index in [-0.39, 0.29) is 12.3 Å². The number of carboxylic acid groups (broad SMARTS) is 1. The number of methoxy groups -OCH3 is 3. The third kappa shape index (κ3) is 4.96. The van der Waals surface area contributed by atoms with Gasteiger partial charge < -0.3 is 24.1 Å². The van der Waals surface area contributed by atoms with Gasteiger partial charge in [-0.25, -0.2) is 14.3 Å². The van der Waals surface area contributed by atoms with Gasteiger partial charge in [-0.05, 0) is 34.2 Å². The van der Waals surface area contributed by atoms with Gasteiger partial charge in [-0.2, -0.15) is 0 Å². The molecule has 0 aliphatic heterocycles. The van der Waals surface area contributed by atoms with Crippen LogP contribution in [0.2, 0.25) is 0 Å². The van der Waals surface area contributed by atoms with E-state index in [1.54, 1.807) is 29.2 Å². The van der Waals surface area contributed by atoms with Crippen molar-refractivity contribution in [2.75, 3.05) is 21.3 Å². The second-order valence-electron chi connectivity index (χ2n) is 5.33. The molecule has 0 unspecified atom stereocenters. The summed E-state index contributed by atoms with van der Waals surface area (Å²) < 4.78 is 22.9. The molecule has 0 spiro atoms. The number of nitrogens with one attached hydrogen (secondary N) is 1. The van der Waals surface area contributed by atoms with E-state index in [0.29, 0.717) is 28.8 Å². The van der Waals surface area contributed by atoms with E-state index in [9.17, 15) is 4.79 Å². The normalized spacial score (nSPS) is 9.76. The average Bonchev–Trinajstić information content (AvgIpc) is 3.15. The van der Waals surface area contributed by atoms with Gasteiger partial charge in [-0.15, -0.1) is 10.6 Å². The highest BCUT2D eigenvalue weighted by molar-refractivity contribution is 5.85. The summed E-state index contributed by atoms with van der Waals surface area (Å²) in [5.74, 6) is 0.748. The summed E-state index contributed by atoms with van der Waals surface area (Å²) in [6.45, 7) is 0.204. The number of carbonyl (C=O) groups is 1. The number of hydrogen-bond acceptors (Lipinski definition) is 8. The van der Waals surface area contributed by atoms with Gasteiger partial charge in [-0.1, -0.05) is 0 Å². The molecule has 29 heavy (non-hydrogen) atoms. The molecule has 0 fully saturated rings. The van der Waals surface area contributed by atoms with E-state index in [1.807, 2.05) is 0 Å². The van der Waals surface area contributed by atoms with Crippen molar-refractivity contribution >= 4 is 11.6 Å². The summed E-state index contributed by atoms with van der Waals surface area (Å²) in [4.78, 5) is 16.7. The SMILES string of the molecule is COc1cc(COc2ccc3nc(C(=O)O)cn3n2)cc(OC)c1OC.[N-]=[N+]=N. The average molecular weight is 402 g/mol. The molecule has 152 valence electrons. The molecular formula is C17H18N6O6. The number of rotatable bonds is 7. The molecule has 0 radical (unpaired) electrons. The van der Waals surface area contributed by atoms with Gasteiger partial charge in [0.25, 0.3) is 0 Å². The van der Waals surface area contributed by atoms with Gasteiger partial charge in [0.1, 0.15) is 6.61 Å². The maximum atomic E-state index is 11.0. The molecule has 12 nitrogen and oxygen atoms in total. The molecule has 3 aromatic rings. The van der Waals surface area contributed by atoms with Crippen molar-refractivity contribution in [1.29, 1.82) is 5.53 Å². The topological polar surface area (TPSA) is 165 Å². The fraction of sp³-hybridized carbons (Fsp3) is 0.235. The summed E-state index contributed by atoms with van der Waals surface area (Å²) >= 11 is 0. The van der Waals surface area contributed by atoms with E-state index in [1.165, 1.54) is 32.0 Å². The Kier molecular flexibility index (Phi) is 7.04. The molecule has 3 rings (SSSR count). The molecule has 2 N–H and O–H groups in total. The predicted molar refractivity (Wildman–Crippen MR) is 99.8 cm³/mol. The summed E-state index contributed by atoms with van der Waals surface area (Å²) in [6.07, 6.45) is 1.32. The fourth-order valence-corrected chi connectivity index (χ4v) is 2.42. The van der Waals surface area contributed by atoms with Crippen molar-refractivity contribution in [3.8, 4) is 23.1 Å². The van der Waals surface area contributed by atoms with Crippen LogP contribution in [0, 0.1) is 5.53 Å². The number of aromatic nitrogens is 3. The molecule has 0 atom stereocenters. The number of nitrogens with zero attached hydrogens (tertiary/aromatic N) is 5. The lowest BCUT2D eigenvalue weighted by Gasteiger charge is -2.14. The van der Waals surface area contributed by atoms with Crippen molar-refractivity contribution in [3.05, 3.63) is 52.2 Å². The Morgan fingerprint density at radius 2 is 1.83 bits per heavy atom. The van der Waals surface area contributed by atoms with Gasteiger partial charge in [0.05, 0.1) is 27.5 Å². The third-order valence-electron chi connectivity index (χ3n) is 3.63. The van der Waals surface area contributed by atoms with Crippen molar-refractivity contribution in [2.24, 2.45) is 0 Å².